The predicted octanol–water partition coefficient (Wildman–Crippen LogP) is 1.97. The SMILES string of the molecule is Cc1ccc(-c2ccc(CN)c(=O)n2CCCO)c(C)c1. The first kappa shape index (κ1) is 15.5. The Morgan fingerprint density at radius 2 is 1.95 bits per heavy atom. The van der Waals surface area contributed by atoms with E-state index in [0.717, 1.165) is 16.8 Å². The standard InChI is InChI=1S/C17H22N2O2/c1-12-4-6-15(13(2)10-12)16-7-5-14(11-18)17(21)19(16)8-3-9-20/h4-7,10,20H,3,8-9,11,18H2,1-2H3. The zero-order valence-corrected chi connectivity index (χ0v) is 12.6. The van der Waals surface area contributed by atoms with Crippen molar-refractivity contribution in [2.45, 2.75) is 33.4 Å². The lowest BCUT2D eigenvalue weighted by Gasteiger charge is -2.16. The molecule has 0 radical (unpaired) electrons. The maximum absolute atomic E-state index is 12.5. The molecule has 3 N–H and O–H groups in total. The molecule has 1 aromatic heterocycles. The smallest absolute Gasteiger partial charge is 0.255 e. The van der Waals surface area contributed by atoms with Crippen LogP contribution in [-0.2, 0) is 13.1 Å². The zero-order valence-electron chi connectivity index (χ0n) is 12.6. The number of aliphatic hydroxyl groups is 1. The molecule has 2 rings (SSSR count). The number of hydrogen-bond donors (Lipinski definition) is 2. The van der Waals surface area contributed by atoms with E-state index in [-0.39, 0.29) is 18.7 Å². The first-order valence-corrected chi connectivity index (χ1v) is 7.19. The second kappa shape index (κ2) is 6.70. The minimum atomic E-state index is -0.0663. The molecular formula is C17H22N2O2. The molecule has 0 saturated heterocycles. The topological polar surface area (TPSA) is 68.2 Å². The van der Waals surface area contributed by atoms with E-state index < -0.39 is 0 Å². The van der Waals surface area contributed by atoms with Gasteiger partial charge < -0.3 is 15.4 Å². The third kappa shape index (κ3) is 3.23. The summed E-state index contributed by atoms with van der Waals surface area (Å²) < 4.78 is 1.72. The number of benzene rings is 1. The van der Waals surface area contributed by atoms with Gasteiger partial charge in [-0.2, -0.15) is 0 Å². The Morgan fingerprint density at radius 1 is 1.19 bits per heavy atom. The van der Waals surface area contributed by atoms with E-state index in [2.05, 4.69) is 6.07 Å². The summed E-state index contributed by atoms with van der Waals surface area (Å²) in [7, 11) is 0. The number of rotatable bonds is 5. The van der Waals surface area contributed by atoms with E-state index in [4.69, 9.17) is 10.8 Å². The second-order valence-corrected chi connectivity index (χ2v) is 5.30. The van der Waals surface area contributed by atoms with Gasteiger partial charge in [-0.15, -0.1) is 0 Å². The summed E-state index contributed by atoms with van der Waals surface area (Å²) in [6.07, 6.45) is 0.547. The van der Waals surface area contributed by atoms with Crippen molar-refractivity contribution in [2.75, 3.05) is 6.61 Å². The Hall–Kier alpha value is -1.91. The Balaban J connectivity index is 2.61. The summed E-state index contributed by atoms with van der Waals surface area (Å²) in [5.41, 5.74) is 10.4. The van der Waals surface area contributed by atoms with E-state index in [0.29, 0.717) is 18.5 Å². The number of aliphatic hydroxyl groups excluding tert-OH is 1. The fourth-order valence-corrected chi connectivity index (χ4v) is 2.57. The van der Waals surface area contributed by atoms with Gasteiger partial charge >= 0.3 is 0 Å². The van der Waals surface area contributed by atoms with Crippen molar-refractivity contribution in [2.24, 2.45) is 5.73 Å². The van der Waals surface area contributed by atoms with Crippen molar-refractivity contribution in [3.05, 3.63) is 57.4 Å². The van der Waals surface area contributed by atoms with Crippen LogP contribution in [0.25, 0.3) is 11.3 Å². The van der Waals surface area contributed by atoms with Gasteiger partial charge in [-0.1, -0.05) is 29.8 Å². The number of aromatic nitrogens is 1. The average molecular weight is 286 g/mol. The molecule has 1 heterocycles. The molecule has 0 atom stereocenters. The fourth-order valence-electron chi connectivity index (χ4n) is 2.57. The van der Waals surface area contributed by atoms with E-state index >= 15 is 0 Å². The maximum Gasteiger partial charge on any atom is 0.255 e. The van der Waals surface area contributed by atoms with Crippen molar-refractivity contribution in [1.29, 1.82) is 0 Å². The molecule has 2 aromatic rings. The molecule has 0 bridgehead atoms. The molecule has 1 aromatic carbocycles. The molecule has 0 aliphatic rings. The summed E-state index contributed by atoms with van der Waals surface area (Å²) in [6, 6.07) is 9.93. The van der Waals surface area contributed by atoms with Crippen LogP contribution in [0.1, 0.15) is 23.1 Å². The highest BCUT2D eigenvalue weighted by atomic mass is 16.3. The highest BCUT2D eigenvalue weighted by molar-refractivity contribution is 5.64. The fraction of sp³-hybridized carbons (Fsp3) is 0.353. The molecule has 0 aliphatic heterocycles. The summed E-state index contributed by atoms with van der Waals surface area (Å²) >= 11 is 0. The quantitative estimate of drug-likeness (QED) is 0.883. The van der Waals surface area contributed by atoms with Crippen LogP contribution < -0.4 is 11.3 Å². The summed E-state index contributed by atoms with van der Waals surface area (Å²) in [6.45, 7) is 4.87. The molecule has 4 nitrogen and oxygen atoms in total. The first-order chi connectivity index (χ1) is 10.1. The lowest BCUT2D eigenvalue weighted by atomic mass is 10.0. The normalized spacial score (nSPS) is 10.9. The van der Waals surface area contributed by atoms with Crippen LogP contribution in [0.4, 0.5) is 0 Å². The van der Waals surface area contributed by atoms with Crippen LogP contribution >= 0.6 is 0 Å². The first-order valence-electron chi connectivity index (χ1n) is 7.19. The average Bonchev–Trinajstić information content (AvgIpc) is 2.46. The third-order valence-corrected chi connectivity index (χ3v) is 3.67. The molecule has 0 amide bonds. The van der Waals surface area contributed by atoms with Crippen molar-refractivity contribution in [1.82, 2.24) is 4.57 Å². The number of nitrogens with zero attached hydrogens (tertiary/aromatic N) is 1. The number of nitrogens with two attached hydrogens (primary N) is 1. The largest absolute Gasteiger partial charge is 0.396 e. The Bertz CT molecular complexity index is 690. The minimum absolute atomic E-state index is 0.0611. The van der Waals surface area contributed by atoms with Crippen molar-refractivity contribution >= 4 is 0 Å². The lowest BCUT2D eigenvalue weighted by Crippen LogP contribution is -2.27. The van der Waals surface area contributed by atoms with Crippen LogP contribution in [0.3, 0.4) is 0 Å². The van der Waals surface area contributed by atoms with Crippen molar-refractivity contribution < 1.29 is 5.11 Å². The summed E-state index contributed by atoms with van der Waals surface area (Å²) in [4.78, 5) is 12.5. The van der Waals surface area contributed by atoms with E-state index in [9.17, 15) is 4.79 Å². The van der Waals surface area contributed by atoms with Gasteiger partial charge in [0.15, 0.2) is 0 Å². The van der Waals surface area contributed by atoms with Gasteiger partial charge in [0, 0.05) is 30.8 Å². The van der Waals surface area contributed by atoms with Gasteiger partial charge in [-0.25, -0.2) is 0 Å². The molecule has 0 fully saturated rings. The van der Waals surface area contributed by atoms with Gasteiger partial charge in [0.05, 0.1) is 5.69 Å². The molecule has 4 heteroatoms. The van der Waals surface area contributed by atoms with Gasteiger partial charge in [0.25, 0.3) is 5.56 Å². The van der Waals surface area contributed by atoms with Crippen LogP contribution in [-0.4, -0.2) is 16.3 Å². The second-order valence-electron chi connectivity index (χ2n) is 5.30. The van der Waals surface area contributed by atoms with Crippen molar-refractivity contribution in [3.63, 3.8) is 0 Å². The van der Waals surface area contributed by atoms with Crippen LogP contribution in [0.15, 0.2) is 35.1 Å². The Morgan fingerprint density at radius 3 is 2.57 bits per heavy atom. The van der Waals surface area contributed by atoms with Crippen molar-refractivity contribution in [3.8, 4) is 11.3 Å². The molecular weight excluding hydrogens is 264 g/mol. The predicted molar refractivity (Wildman–Crippen MR) is 85.2 cm³/mol. The van der Waals surface area contributed by atoms with Gasteiger partial charge in [0.2, 0.25) is 0 Å². The molecule has 0 unspecified atom stereocenters. The number of aryl methyl sites for hydroxylation is 2. The summed E-state index contributed by atoms with van der Waals surface area (Å²) in [5.74, 6) is 0. The highest BCUT2D eigenvalue weighted by Crippen LogP contribution is 2.23. The van der Waals surface area contributed by atoms with E-state index in [1.807, 2.05) is 32.0 Å². The van der Waals surface area contributed by atoms with Crippen LogP contribution in [0.5, 0.6) is 0 Å². The lowest BCUT2D eigenvalue weighted by molar-refractivity contribution is 0.279. The number of pyridine rings is 1. The molecule has 0 saturated carbocycles. The van der Waals surface area contributed by atoms with Gasteiger partial charge in [-0.3, -0.25) is 4.79 Å². The number of hydrogen-bond acceptors (Lipinski definition) is 3. The minimum Gasteiger partial charge on any atom is -0.396 e. The Kier molecular flexibility index (Phi) is 4.94. The monoisotopic (exact) mass is 286 g/mol. The Labute approximate surface area is 124 Å². The van der Waals surface area contributed by atoms with E-state index in [1.165, 1.54) is 5.56 Å². The molecule has 0 spiro atoms. The van der Waals surface area contributed by atoms with Crippen LogP contribution in [0.2, 0.25) is 0 Å². The van der Waals surface area contributed by atoms with E-state index in [1.54, 1.807) is 10.6 Å². The third-order valence-electron chi connectivity index (χ3n) is 3.67. The zero-order chi connectivity index (χ0) is 15.4. The highest BCUT2D eigenvalue weighted by Gasteiger charge is 2.11. The van der Waals surface area contributed by atoms with Gasteiger partial charge in [-0.05, 0) is 31.9 Å². The molecule has 0 aliphatic carbocycles. The molecule has 21 heavy (non-hydrogen) atoms. The molecule has 112 valence electrons. The maximum atomic E-state index is 12.5. The van der Waals surface area contributed by atoms with Gasteiger partial charge in [0.1, 0.15) is 0 Å². The van der Waals surface area contributed by atoms with Crippen LogP contribution in [0, 0.1) is 13.8 Å². The summed E-state index contributed by atoms with van der Waals surface area (Å²) in [5, 5.41) is 9.06.